The Balaban J connectivity index is 2.08. The van der Waals surface area contributed by atoms with E-state index in [0.29, 0.717) is 11.6 Å². The molecular weight excluding hydrogens is 226 g/mol. The highest BCUT2D eigenvalue weighted by Crippen LogP contribution is 2.19. The Labute approximate surface area is 100 Å². The highest BCUT2D eigenvalue weighted by molar-refractivity contribution is 6.31. The first-order valence-electron chi connectivity index (χ1n) is 5.57. The van der Waals surface area contributed by atoms with Crippen molar-refractivity contribution >= 4 is 17.5 Å². The number of hydrogen-bond donors (Lipinski definition) is 0. The highest BCUT2D eigenvalue weighted by Gasteiger charge is 2.19. The number of aryl methyl sites for hydroxylation is 1. The summed E-state index contributed by atoms with van der Waals surface area (Å²) in [4.78, 5) is 13.8. The van der Waals surface area contributed by atoms with Gasteiger partial charge in [0.05, 0.1) is 16.4 Å². The van der Waals surface area contributed by atoms with E-state index in [-0.39, 0.29) is 5.91 Å². The lowest BCUT2D eigenvalue weighted by molar-refractivity contribution is -0.130. The summed E-state index contributed by atoms with van der Waals surface area (Å²) in [5, 5.41) is 4.92. The lowest BCUT2D eigenvalue weighted by atomic mass is 10.4. The normalized spacial score (nSPS) is 15.8. The van der Waals surface area contributed by atoms with Crippen LogP contribution >= 0.6 is 11.6 Å². The molecule has 4 nitrogen and oxygen atoms in total. The molecule has 88 valence electrons. The van der Waals surface area contributed by atoms with Gasteiger partial charge in [-0.2, -0.15) is 5.10 Å². The van der Waals surface area contributed by atoms with Crippen LogP contribution in [0.1, 0.15) is 24.2 Å². The molecule has 1 amide bonds. The molecule has 1 saturated heterocycles. The Morgan fingerprint density at radius 3 is 2.50 bits per heavy atom. The van der Waals surface area contributed by atoms with Gasteiger partial charge in [-0.1, -0.05) is 11.6 Å². The average Bonchev–Trinajstić information content (AvgIpc) is 2.85. The van der Waals surface area contributed by atoms with Crippen molar-refractivity contribution in [1.29, 1.82) is 0 Å². The molecule has 0 N–H and O–H groups in total. The number of carbonyl (C=O) groups excluding carboxylic acids is 1. The zero-order chi connectivity index (χ0) is 11.7. The van der Waals surface area contributed by atoms with Gasteiger partial charge in [-0.25, -0.2) is 0 Å². The molecule has 0 spiro atoms. The first-order chi connectivity index (χ1) is 7.59. The standard InChI is InChI=1S/C11H16ClN3O/c1-8-11(12)9(2)15(13-8)7-10(16)14-5-3-4-6-14/h3-7H2,1-2H3. The third-order valence-corrected chi connectivity index (χ3v) is 3.58. The van der Waals surface area contributed by atoms with Crippen molar-refractivity contribution < 1.29 is 4.79 Å². The van der Waals surface area contributed by atoms with E-state index in [9.17, 15) is 4.79 Å². The first-order valence-corrected chi connectivity index (χ1v) is 5.94. The van der Waals surface area contributed by atoms with Gasteiger partial charge in [0, 0.05) is 13.1 Å². The van der Waals surface area contributed by atoms with Crippen molar-refractivity contribution in [1.82, 2.24) is 14.7 Å². The molecule has 0 bridgehead atoms. The van der Waals surface area contributed by atoms with Crippen LogP contribution in [0.25, 0.3) is 0 Å². The molecule has 1 aromatic rings. The summed E-state index contributed by atoms with van der Waals surface area (Å²) in [5.74, 6) is 0.139. The van der Waals surface area contributed by atoms with Crippen molar-refractivity contribution in [3.63, 3.8) is 0 Å². The number of aromatic nitrogens is 2. The van der Waals surface area contributed by atoms with Gasteiger partial charge >= 0.3 is 0 Å². The largest absolute Gasteiger partial charge is 0.341 e. The van der Waals surface area contributed by atoms with E-state index in [4.69, 9.17) is 11.6 Å². The zero-order valence-corrected chi connectivity index (χ0v) is 10.4. The molecule has 0 atom stereocenters. The van der Waals surface area contributed by atoms with Crippen LogP contribution < -0.4 is 0 Å². The molecule has 1 aromatic heterocycles. The van der Waals surface area contributed by atoms with Crippen LogP contribution in [0, 0.1) is 13.8 Å². The van der Waals surface area contributed by atoms with Crippen molar-refractivity contribution in [2.45, 2.75) is 33.2 Å². The summed E-state index contributed by atoms with van der Waals surface area (Å²) in [6.07, 6.45) is 2.23. The minimum absolute atomic E-state index is 0.139. The van der Waals surface area contributed by atoms with Gasteiger partial charge in [-0.15, -0.1) is 0 Å². The van der Waals surface area contributed by atoms with E-state index in [1.807, 2.05) is 18.7 Å². The van der Waals surface area contributed by atoms with Crippen LogP contribution in [-0.2, 0) is 11.3 Å². The summed E-state index contributed by atoms with van der Waals surface area (Å²) in [6, 6.07) is 0. The van der Waals surface area contributed by atoms with Crippen LogP contribution in [0.2, 0.25) is 5.02 Å². The fraction of sp³-hybridized carbons (Fsp3) is 0.636. The third-order valence-electron chi connectivity index (χ3n) is 3.04. The molecule has 1 aliphatic rings. The van der Waals surface area contributed by atoms with E-state index in [2.05, 4.69) is 5.10 Å². The molecule has 0 saturated carbocycles. The van der Waals surface area contributed by atoms with Crippen LogP contribution in [0.5, 0.6) is 0 Å². The predicted molar refractivity (Wildman–Crippen MR) is 62.5 cm³/mol. The number of amides is 1. The van der Waals surface area contributed by atoms with E-state index in [0.717, 1.165) is 37.3 Å². The minimum atomic E-state index is 0.139. The maximum absolute atomic E-state index is 11.9. The second kappa shape index (κ2) is 4.45. The van der Waals surface area contributed by atoms with Crippen LogP contribution in [0.15, 0.2) is 0 Å². The SMILES string of the molecule is Cc1nn(CC(=O)N2CCCC2)c(C)c1Cl. The zero-order valence-electron chi connectivity index (χ0n) is 9.66. The lowest BCUT2D eigenvalue weighted by Gasteiger charge is -2.15. The van der Waals surface area contributed by atoms with Gasteiger partial charge in [-0.3, -0.25) is 9.48 Å². The maximum atomic E-state index is 11.9. The highest BCUT2D eigenvalue weighted by atomic mass is 35.5. The van der Waals surface area contributed by atoms with E-state index in [1.165, 1.54) is 0 Å². The van der Waals surface area contributed by atoms with Gasteiger partial charge in [0.2, 0.25) is 5.91 Å². The fourth-order valence-corrected chi connectivity index (χ4v) is 2.16. The van der Waals surface area contributed by atoms with Crippen molar-refractivity contribution in [2.24, 2.45) is 0 Å². The monoisotopic (exact) mass is 241 g/mol. The van der Waals surface area contributed by atoms with Crippen LogP contribution in [-0.4, -0.2) is 33.7 Å². The van der Waals surface area contributed by atoms with E-state index >= 15 is 0 Å². The number of carbonyl (C=O) groups is 1. The quantitative estimate of drug-likeness (QED) is 0.792. The van der Waals surface area contributed by atoms with Crippen molar-refractivity contribution in [3.05, 3.63) is 16.4 Å². The molecule has 5 heteroatoms. The molecular formula is C11H16ClN3O. The molecule has 1 aliphatic heterocycles. The summed E-state index contributed by atoms with van der Waals surface area (Å²) in [7, 11) is 0. The average molecular weight is 242 g/mol. The van der Waals surface area contributed by atoms with Crippen molar-refractivity contribution in [2.75, 3.05) is 13.1 Å². The maximum Gasteiger partial charge on any atom is 0.244 e. The number of halogens is 1. The van der Waals surface area contributed by atoms with Crippen molar-refractivity contribution in [3.8, 4) is 0 Å². The number of rotatable bonds is 2. The molecule has 2 heterocycles. The number of hydrogen-bond acceptors (Lipinski definition) is 2. The first kappa shape index (κ1) is 11.5. The molecule has 0 aliphatic carbocycles. The van der Waals surface area contributed by atoms with Gasteiger partial charge in [0.25, 0.3) is 0 Å². The second-order valence-electron chi connectivity index (χ2n) is 4.23. The molecule has 0 unspecified atom stereocenters. The topological polar surface area (TPSA) is 38.1 Å². The third kappa shape index (κ3) is 2.07. The molecule has 16 heavy (non-hydrogen) atoms. The van der Waals surface area contributed by atoms with E-state index < -0.39 is 0 Å². The molecule has 1 fully saturated rings. The minimum Gasteiger partial charge on any atom is -0.341 e. The van der Waals surface area contributed by atoms with Gasteiger partial charge < -0.3 is 4.90 Å². The summed E-state index contributed by atoms with van der Waals surface area (Å²) in [5.41, 5.74) is 1.65. The predicted octanol–water partition coefficient (Wildman–Crippen LogP) is 1.78. The van der Waals surface area contributed by atoms with E-state index in [1.54, 1.807) is 4.68 Å². The Hall–Kier alpha value is -1.03. The Morgan fingerprint density at radius 2 is 2.00 bits per heavy atom. The smallest absolute Gasteiger partial charge is 0.244 e. The van der Waals surface area contributed by atoms with Gasteiger partial charge in [0.1, 0.15) is 6.54 Å². The van der Waals surface area contributed by atoms with Gasteiger partial charge in [-0.05, 0) is 26.7 Å². The summed E-state index contributed by atoms with van der Waals surface area (Å²) < 4.78 is 1.69. The Morgan fingerprint density at radius 1 is 1.38 bits per heavy atom. The number of likely N-dealkylation sites (tertiary alicyclic amines) is 1. The summed E-state index contributed by atoms with van der Waals surface area (Å²) >= 11 is 6.03. The molecule has 0 radical (unpaired) electrons. The van der Waals surface area contributed by atoms with Gasteiger partial charge in [0.15, 0.2) is 0 Å². The van der Waals surface area contributed by atoms with Crippen LogP contribution in [0.3, 0.4) is 0 Å². The summed E-state index contributed by atoms with van der Waals surface area (Å²) in [6.45, 7) is 5.81. The second-order valence-corrected chi connectivity index (χ2v) is 4.61. The van der Waals surface area contributed by atoms with Crippen LogP contribution in [0.4, 0.5) is 0 Å². The fourth-order valence-electron chi connectivity index (χ4n) is 2.02. The molecule has 0 aromatic carbocycles. The number of nitrogens with zero attached hydrogens (tertiary/aromatic N) is 3. The Kier molecular flexibility index (Phi) is 3.19. The lowest BCUT2D eigenvalue weighted by Crippen LogP contribution is -2.31. The molecule has 2 rings (SSSR count). The Bertz CT molecular complexity index is 408.